The van der Waals surface area contributed by atoms with Crippen molar-refractivity contribution in [2.24, 2.45) is 0 Å². The third-order valence-corrected chi connectivity index (χ3v) is 4.05. The van der Waals surface area contributed by atoms with Gasteiger partial charge < -0.3 is 10.4 Å². The summed E-state index contributed by atoms with van der Waals surface area (Å²) in [6.45, 7) is 4.51. The molecule has 1 aromatic heterocycles. The highest BCUT2D eigenvalue weighted by atomic mass is 19.4. The first-order valence-electron chi connectivity index (χ1n) is 8.72. The van der Waals surface area contributed by atoms with Gasteiger partial charge in [0.2, 0.25) is 5.91 Å². The lowest BCUT2D eigenvalue weighted by Gasteiger charge is -2.17. The normalized spacial score (nSPS) is 11.7. The number of aryl methyl sites for hydroxylation is 1. The molecule has 2 aromatic rings. The van der Waals surface area contributed by atoms with Gasteiger partial charge in [0.25, 0.3) is 5.56 Å². The van der Waals surface area contributed by atoms with Crippen molar-refractivity contribution in [2.45, 2.75) is 46.0 Å². The van der Waals surface area contributed by atoms with Crippen molar-refractivity contribution in [3.05, 3.63) is 51.4 Å². The van der Waals surface area contributed by atoms with E-state index in [-0.39, 0.29) is 42.6 Å². The van der Waals surface area contributed by atoms with Gasteiger partial charge in [-0.05, 0) is 32.9 Å². The van der Waals surface area contributed by atoms with Crippen LogP contribution in [-0.2, 0) is 23.9 Å². The zero-order chi connectivity index (χ0) is 21.1. The van der Waals surface area contributed by atoms with Crippen molar-refractivity contribution in [1.82, 2.24) is 14.9 Å². The predicted octanol–water partition coefficient (Wildman–Crippen LogP) is 2.30. The minimum Gasteiger partial charge on any atom is -0.396 e. The summed E-state index contributed by atoms with van der Waals surface area (Å²) in [4.78, 5) is 29.4. The highest BCUT2D eigenvalue weighted by Gasteiger charge is 2.30. The van der Waals surface area contributed by atoms with Crippen molar-refractivity contribution in [2.75, 3.05) is 6.61 Å². The summed E-state index contributed by atoms with van der Waals surface area (Å²) in [5.74, 6) is -0.331. The van der Waals surface area contributed by atoms with Gasteiger partial charge in [-0.1, -0.05) is 12.1 Å². The van der Waals surface area contributed by atoms with E-state index in [0.717, 1.165) is 16.7 Å². The van der Waals surface area contributed by atoms with E-state index < -0.39 is 23.2 Å². The molecule has 2 rings (SSSR count). The number of aliphatic hydroxyl groups excluding tert-OH is 1. The van der Waals surface area contributed by atoms with Crippen molar-refractivity contribution in [3.8, 4) is 11.4 Å². The van der Waals surface area contributed by atoms with Crippen LogP contribution in [-0.4, -0.2) is 33.2 Å². The Morgan fingerprint density at radius 1 is 1.25 bits per heavy atom. The summed E-state index contributed by atoms with van der Waals surface area (Å²) in [5, 5.41) is 11.9. The molecule has 0 bridgehead atoms. The van der Waals surface area contributed by atoms with E-state index in [9.17, 15) is 27.9 Å². The van der Waals surface area contributed by atoms with Crippen LogP contribution in [0.5, 0.6) is 0 Å². The van der Waals surface area contributed by atoms with Gasteiger partial charge in [0.05, 0.1) is 5.56 Å². The number of alkyl halides is 3. The molecule has 1 heterocycles. The number of hydrogen-bond donors (Lipinski definition) is 2. The van der Waals surface area contributed by atoms with Crippen molar-refractivity contribution in [3.63, 3.8) is 0 Å². The topological polar surface area (TPSA) is 84.2 Å². The molecule has 9 heteroatoms. The van der Waals surface area contributed by atoms with Crippen LogP contribution in [0.15, 0.2) is 29.1 Å². The van der Waals surface area contributed by atoms with Crippen molar-refractivity contribution in [1.29, 1.82) is 0 Å². The number of hydrogen-bond acceptors (Lipinski definition) is 4. The smallest absolute Gasteiger partial charge is 0.396 e. The number of aromatic nitrogens is 2. The molecular formula is C19H22F3N3O3. The summed E-state index contributed by atoms with van der Waals surface area (Å²) in [5.41, 5.74) is -0.433. The molecule has 2 N–H and O–H groups in total. The summed E-state index contributed by atoms with van der Waals surface area (Å²) in [6, 6.07) is 4.08. The van der Waals surface area contributed by atoms with Gasteiger partial charge in [0.1, 0.15) is 12.4 Å². The Balaban J connectivity index is 2.58. The summed E-state index contributed by atoms with van der Waals surface area (Å²) in [7, 11) is 0. The molecule has 1 amide bonds. The van der Waals surface area contributed by atoms with Gasteiger partial charge in [-0.15, -0.1) is 0 Å². The number of benzene rings is 1. The maximum absolute atomic E-state index is 12.9. The van der Waals surface area contributed by atoms with Gasteiger partial charge in [-0.2, -0.15) is 13.2 Å². The zero-order valence-electron chi connectivity index (χ0n) is 15.8. The third kappa shape index (κ3) is 4.98. The predicted molar refractivity (Wildman–Crippen MR) is 97.7 cm³/mol. The molecule has 0 atom stereocenters. The van der Waals surface area contributed by atoms with Crippen molar-refractivity contribution < 1.29 is 23.1 Å². The molecular weight excluding hydrogens is 375 g/mol. The number of halogens is 3. The van der Waals surface area contributed by atoms with Crippen LogP contribution in [0.1, 0.15) is 30.7 Å². The first kappa shape index (κ1) is 21.6. The van der Waals surface area contributed by atoms with E-state index in [2.05, 4.69) is 10.3 Å². The quantitative estimate of drug-likeness (QED) is 0.784. The van der Waals surface area contributed by atoms with Crippen LogP contribution < -0.4 is 10.9 Å². The molecule has 0 aliphatic rings. The van der Waals surface area contributed by atoms with Crippen LogP contribution in [0.4, 0.5) is 13.2 Å². The molecule has 0 radical (unpaired) electrons. The van der Waals surface area contributed by atoms with Gasteiger partial charge in [-0.3, -0.25) is 14.2 Å². The molecule has 0 fully saturated rings. The first-order chi connectivity index (χ1) is 13.0. The Labute approximate surface area is 160 Å². The Bertz CT molecular complexity index is 904. The second-order valence-corrected chi connectivity index (χ2v) is 6.66. The van der Waals surface area contributed by atoms with E-state index in [1.165, 1.54) is 12.1 Å². The molecule has 0 saturated heterocycles. The Kier molecular flexibility index (Phi) is 6.60. The van der Waals surface area contributed by atoms with Crippen molar-refractivity contribution >= 4 is 5.91 Å². The fourth-order valence-corrected chi connectivity index (χ4v) is 2.79. The number of nitrogens with one attached hydrogen (secondary N) is 1. The summed E-state index contributed by atoms with van der Waals surface area (Å²) in [6.07, 6.45) is -4.42. The second kappa shape index (κ2) is 8.55. The van der Waals surface area contributed by atoms with Crippen LogP contribution in [0.3, 0.4) is 0 Å². The standard InChI is InChI=1S/C19H22F3N3O3/c1-11(2)23-16(27)10-25-17(24-12(3)15(8-9-26)18(25)28)13-4-6-14(7-5-13)19(20,21)22/h4-7,11,26H,8-10H2,1-3H3,(H,23,27). The maximum Gasteiger partial charge on any atom is 0.416 e. The van der Waals surface area contributed by atoms with Gasteiger partial charge in [0, 0.05) is 35.9 Å². The largest absolute Gasteiger partial charge is 0.416 e. The van der Waals surface area contributed by atoms with E-state index in [4.69, 9.17) is 0 Å². The number of rotatable bonds is 6. The average Bonchev–Trinajstić information content (AvgIpc) is 2.59. The SMILES string of the molecule is Cc1nc(-c2ccc(C(F)(F)F)cc2)n(CC(=O)NC(C)C)c(=O)c1CCO. The molecule has 152 valence electrons. The Morgan fingerprint density at radius 3 is 2.36 bits per heavy atom. The number of aliphatic hydroxyl groups is 1. The Hall–Kier alpha value is -2.68. The van der Waals surface area contributed by atoms with Crippen LogP contribution in [0.25, 0.3) is 11.4 Å². The highest BCUT2D eigenvalue weighted by molar-refractivity contribution is 5.76. The zero-order valence-corrected chi connectivity index (χ0v) is 15.8. The molecule has 0 aliphatic carbocycles. The molecule has 1 aromatic carbocycles. The third-order valence-electron chi connectivity index (χ3n) is 4.05. The maximum atomic E-state index is 12.9. The number of carbonyl (C=O) groups is 1. The van der Waals surface area contributed by atoms with Crippen LogP contribution in [0.2, 0.25) is 0 Å². The van der Waals surface area contributed by atoms with Crippen LogP contribution >= 0.6 is 0 Å². The Morgan fingerprint density at radius 2 is 1.86 bits per heavy atom. The number of nitrogens with zero attached hydrogens (tertiary/aromatic N) is 2. The van der Waals surface area contributed by atoms with Gasteiger partial charge in [-0.25, -0.2) is 4.98 Å². The average molecular weight is 397 g/mol. The lowest BCUT2D eigenvalue weighted by molar-refractivity contribution is -0.137. The number of carbonyl (C=O) groups excluding carboxylic acids is 1. The summed E-state index contributed by atoms with van der Waals surface area (Å²) >= 11 is 0. The van der Waals surface area contributed by atoms with E-state index in [1.54, 1.807) is 20.8 Å². The fourth-order valence-electron chi connectivity index (χ4n) is 2.79. The van der Waals surface area contributed by atoms with Gasteiger partial charge in [0.15, 0.2) is 0 Å². The molecule has 0 saturated carbocycles. The fraction of sp³-hybridized carbons (Fsp3) is 0.421. The number of amides is 1. The molecule has 6 nitrogen and oxygen atoms in total. The minimum absolute atomic E-state index is 0.0662. The molecule has 28 heavy (non-hydrogen) atoms. The molecule has 0 aliphatic heterocycles. The molecule has 0 spiro atoms. The monoisotopic (exact) mass is 397 g/mol. The lowest BCUT2D eigenvalue weighted by atomic mass is 10.1. The van der Waals surface area contributed by atoms with Crippen LogP contribution in [0, 0.1) is 6.92 Å². The van der Waals surface area contributed by atoms with E-state index in [0.29, 0.717) is 5.69 Å². The first-order valence-corrected chi connectivity index (χ1v) is 8.72. The lowest BCUT2D eigenvalue weighted by Crippen LogP contribution is -2.38. The van der Waals surface area contributed by atoms with Gasteiger partial charge >= 0.3 is 6.18 Å². The van der Waals surface area contributed by atoms with E-state index in [1.807, 2.05) is 0 Å². The molecule has 0 unspecified atom stereocenters. The van der Waals surface area contributed by atoms with E-state index >= 15 is 0 Å². The summed E-state index contributed by atoms with van der Waals surface area (Å²) < 4.78 is 39.6. The highest BCUT2D eigenvalue weighted by Crippen LogP contribution is 2.30. The second-order valence-electron chi connectivity index (χ2n) is 6.66. The minimum atomic E-state index is -4.48.